The number of rotatable bonds is 6. The lowest BCUT2D eigenvalue weighted by atomic mass is 10.0. The summed E-state index contributed by atoms with van der Waals surface area (Å²) in [5, 5.41) is 16.8. The summed E-state index contributed by atoms with van der Waals surface area (Å²) >= 11 is 0. The first kappa shape index (κ1) is 23.3. The number of ether oxygens (including phenoxy) is 1. The van der Waals surface area contributed by atoms with E-state index >= 15 is 0 Å². The largest absolute Gasteiger partial charge is 0.379 e. The van der Waals surface area contributed by atoms with Gasteiger partial charge in [-0.25, -0.2) is 0 Å². The lowest BCUT2D eigenvalue weighted by molar-refractivity contribution is 0.0435. The molecule has 3 N–H and O–H groups in total. The van der Waals surface area contributed by atoms with Crippen molar-refractivity contribution in [2.45, 2.75) is 19.3 Å². The van der Waals surface area contributed by atoms with Crippen LogP contribution in [0.3, 0.4) is 0 Å². The first-order valence-electron chi connectivity index (χ1n) is 12.7. The molecular weight excluding hydrogens is 464 g/mol. The van der Waals surface area contributed by atoms with Gasteiger partial charge in [0.15, 0.2) is 5.82 Å². The molecule has 3 heterocycles. The first-order chi connectivity index (χ1) is 18.2. The van der Waals surface area contributed by atoms with Crippen LogP contribution in [0.2, 0.25) is 0 Å². The Kier molecular flexibility index (Phi) is 6.62. The van der Waals surface area contributed by atoms with Gasteiger partial charge in [-0.05, 0) is 54.2 Å². The number of nitrogens with zero attached hydrogens (tertiary/aromatic N) is 6. The Morgan fingerprint density at radius 1 is 0.973 bits per heavy atom. The van der Waals surface area contributed by atoms with Gasteiger partial charge in [0.1, 0.15) is 0 Å². The molecule has 0 bridgehead atoms. The average molecular weight is 495 g/mol. The number of hydrogen-bond donors (Lipinski definition) is 2. The minimum atomic E-state index is 0.258. The number of aryl methyl sites for hydroxylation is 2. The van der Waals surface area contributed by atoms with Crippen LogP contribution in [-0.4, -0.2) is 62.7 Å². The Morgan fingerprint density at radius 2 is 1.78 bits per heavy atom. The van der Waals surface area contributed by atoms with Gasteiger partial charge in [-0.1, -0.05) is 48.6 Å². The van der Waals surface area contributed by atoms with Gasteiger partial charge in [0.05, 0.1) is 18.9 Å². The molecule has 1 aliphatic carbocycles. The number of fused-ring (bicyclic) bond motifs is 3. The summed E-state index contributed by atoms with van der Waals surface area (Å²) in [7, 11) is 0. The van der Waals surface area contributed by atoms with Crippen LogP contribution in [0, 0.1) is 0 Å². The van der Waals surface area contributed by atoms with E-state index in [2.05, 4.69) is 73.0 Å². The smallest absolute Gasteiger partial charge is 0.248 e. The zero-order valence-corrected chi connectivity index (χ0v) is 20.7. The van der Waals surface area contributed by atoms with Crippen molar-refractivity contribution in [2.75, 3.05) is 43.9 Å². The molecule has 2 aromatic heterocycles. The quantitative estimate of drug-likeness (QED) is 0.416. The summed E-state index contributed by atoms with van der Waals surface area (Å²) in [6.45, 7) is 4.54. The van der Waals surface area contributed by atoms with E-state index in [-0.39, 0.29) is 5.95 Å². The van der Waals surface area contributed by atoms with Gasteiger partial charge in [0, 0.05) is 30.9 Å². The fourth-order valence-electron chi connectivity index (χ4n) is 4.85. The second-order valence-electron chi connectivity index (χ2n) is 9.35. The normalized spacial score (nSPS) is 15.8. The maximum Gasteiger partial charge on any atom is 0.248 e. The number of benzene rings is 2. The number of nitrogen functional groups attached to an aromatic ring is 1. The van der Waals surface area contributed by atoms with Crippen molar-refractivity contribution in [3.05, 3.63) is 77.4 Å². The number of nitrogens with two attached hydrogens (primary N) is 1. The molecule has 0 atom stereocenters. The van der Waals surface area contributed by atoms with Crippen LogP contribution in [0.15, 0.2) is 60.7 Å². The molecular formula is C28H30N8O. The number of anilines is 3. The molecule has 0 spiro atoms. The van der Waals surface area contributed by atoms with Crippen molar-refractivity contribution in [3.63, 3.8) is 0 Å². The van der Waals surface area contributed by atoms with Crippen LogP contribution in [0.4, 0.5) is 17.6 Å². The molecule has 1 fully saturated rings. The van der Waals surface area contributed by atoms with Crippen LogP contribution in [-0.2, 0) is 17.6 Å². The molecule has 0 radical (unpaired) electrons. The van der Waals surface area contributed by atoms with Crippen molar-refractivity contribution >= 4 is 23.7 Å². The maximum atomic E-state index is 6.21. The van der Waals surface area contributed by atoms with Gasteiger partial charge >= 0.3 is 0 Å². The van der Waals surface area contributed by atoms with E-state index in [1.807, 2.05) is 24.3 Å². The summed E-state index contributed by atoms with van der Waals surface area (Å²) in [5.41, 5.74) is 12.8. The van der Waals surface area contributed by atoms with E-state index in [0.29, 0.717) is 11.8 Å². The second kappa shape index (κ2) is 10.5. The minimum absolute atomic E-state index is 0.258. The number of nitrogens with one attached hydrogen (secondary N) is 1. The molecule has 6 rings (SSSR count). The highest BCUT2D eigenvalue weighted by Crippen LogP contribution is 2.31. The van der Waals surface area contributed by atoms with Crippen LogP contribution >= 0.6 is 0 Å². The van der Waals surface area contributed by atoms with Crippen LogP contribution in [0.1, 0.15) is 23.1 Å². The SMILES string of the molecule is Nc1nc(Nc2ccc(/C=C/CN3CCOCC3)cc2)nn1-c1cc2c(nn1)-c1ccccc1CCC2. The zero-order valence-electron chi connectivity index (χ0n) is 20.7. The van der Waals surface area contributed by atoms with E-state index in [1.165, 1.54) is 10.2 Å². The summed E-state index contributed by atoms with van der Waals surface area (Å²) in [5.74, 6) is 1.24. The van der Waals surface area contributed by atoms with Gasteiger partial charge in [-0.3, -0.25) is 4.90 Å². The molecule has 9 heteroatoms. The Morgan fingerprint density at radius 3 is 2.65 bits per heavy atom. The van der Waals surface area contributed by atoms with Gasteiger partial charge in [0.25, 0.3) is 0 Å². The lowest BCUT2D eigenvalue weighted by Crippen LogP contribution is -2.36. The Labute approximate surface area is 216 Å². The molecule has 1 saturated heterocycles. The second-order valence-corrected chi connectivity index (χ2v) is 9.35. The van der Waals surface area contributed by atoms with Crippen molar-refractivity contribution in [1.82, 2.24) is 29.9 Å². The molecule has 4 aromatic rings. The van der Waals surface area contributed by atoms with Gasteiger partial charge in [-0.15, -0.1) is 15.3 Å². The molecule has 37 heavy (non-hydrogen) atoms. The number of morpholine rings is 1. The Balaban J connectivity index is 1.15. The predicted octanol–water partition coefficient (Wildman–Crippen LogP) is 3.88. The Bertz CT molecular complexity index is 1410. The summed E-state index contributed by atoms with van der Waals surface area (Å²) in [6.07, 6.45) is 7.36. The lowest BCUT2D eigenvalue weighted by Gasteiger charge is -2.25. The molecule has 2 aliphatic rings. The first-order valence-corrected chi connectivity index (χ1v) is 12.7. The van der Waals surface area contributed by atoms with E-state index in [0.717, 1.165) is 80.2 Å². The standard InChI is InChI=1S/C28H30N8O/c29-27-31-28(30-23-12-10-20(11-13-23)5-4-14-35-15-17-37-18-16-35)34-36(27)25-19-22-8-3-7-21-6-1-2-9-24(21)26(22)33-32-25/h1-2,4-6,9-13,19H,3,7-8,14-18H2,(H3,29,30,31,34)/b5-4+. The van der Waals surface area contributed by atoms with E-state index in [4.69, 9.17) is 10.5 Å². The summed E-state index contributed by atoms with van der Waals surface area (Å²) in [4.78, 5) is 6.78. The average Bonchev–Trinajstić information content (AvgIpc) is 3.19. The molecule has 1 aliphatic heterocycles. The van der Waals surface area contributed by atoms with E-state index < -0.39 is 0 Å². The van der Waals surface area contributed by atoms with E-state index in [9.17, 15) is 0 Å². The van der Waals surface area contributed by atoms with Gasteiger partial charge in [0.2, 0.25) is 11.9 Å². The van der Waals surface area contributed by atoms with Crippen molar-refractivity contribution in [2.24, 2.45) is 0 Å². The molecule has 0 unspecified atom stereocenters. The highest BCUT2D eigenvalue weighted by Gasteiger charge is 2.19. The Hall–Kier alpha value is -4.08. The topological polar surface area (TPSA) is 107 Å². The highest BCUT2D eigenvalue weighted by molar-refractivity contribution is 5.68. The summed E-state index contributed by atoms with van der Waals surface area (Å²) in [6, 6.07) is 18.6. The van der Waals surface area contributed by atoms with Crippen molar-refractivity contribution in [1.29, 1.82) is 0 Å². The van der Waals surface area contributed by atoms with Gasteiger partial charge in [-0.2, -0.15) is 9.67 Å². The van der Waals surface area contributed by atoms with Crippen molar-refractivity contribution < 1.29 is 4.74 Å². The van der Waals surface area contributed by atoms with Gasteiger partial charge < -0.3 is 15.8 Å². The number of hydrogen-bond acceptors (Lipinski definition) is 8. The number of aromatic nitrogens is 5. The van der Waals surface area contributed by atoms with E-state index in [1.54, 1.807) is 0 Å². The highest BCUT2D eigenvalue weighted by atomic mass is 16.5. The molecule has 2 aromatic carbocycles. The van der Waals surface area contributed by atoms with Crippen molar-refractivity contribution in [3.8, 4) is 17.1 Å². The van der Waals surface area contributed by atoms with Crippen LogP contribution < -0.4 is 11.1 Å². The van der Waals surface area contributed by atoms with Crippen LogP contribution in [0.5, 0.6) is 0 Å². The maximum absolute atomic E-state index is 6.21. The third kappa shape index (κ3) is 5.23. The molecule has 188 valence electrons. The third-order valence-electron chi connectivity index (χ3n) is 6.82. The summed E-state index contributed by atoms with van der Waals surface area (Å²) < 4.78 is 6.94. The molecule has 0 saturated carbocycles. The predicted molar refractivity (Wildman–Crippen MR) is 145 cm³/mol. The fraction of sp³-hybridized carbons (Fsp3) is 0.286. The van der Waals surface area contributed by atoms with Crippen LogP contribution in [0.25, 0.3) is 23.2 Å². The minimum Gasteiger partial charge on any atom is -0.379 e. The zero-order chi connectivity index (χ0) is 25.0. The molecule has 0 amide bonds. The monoisotopic (exact) mass is 494 g/mol. The molecule has 9 nitrogen and oxygen atoms in total. The fourth-order valence-corrected chi connectivity index (χ4v) is 4.85. The third-order valence-corrected chi connectivity index (χ3v) is 6.82.